The number of aromatic nitrogens is 3. The number of carbonyl (C=O) groups excluding carboxylic acids is 1. The standard InChI is InChI=1S/C22H26N4O3S/c1-5-14-23-21(27)15(2)30-22-25-24-20(16-6-10-18(28-3)11-7-16)26(22)17-8-12-19(29-4)13-9-17/h6-13,15H,5,14H2,1-4H3,(H,23,27). The lowest BCUT2D eigenvalue weighted by molar-refractivity contribution is -0.120. The molecule has 8 heteroatoms. The normalized spacial score (nSPS) is 11.7. The molecule has 1 unspecified atom stereocenters. The van der Waals surface area contributed by atoms with E-state index in [2.05, 4.69) is 15.5 Å². The minimum absolute atomic E-state index is 0.0165. The van der Waals surface area contributed by atoms with Crippen LogP contribution in [0.3, 0.4) is 0 Å². The molecule has 3 rings (SSSR count). The maximum Gasteiger partial charge on any atom is 0.233 e. The Labute approximate surface area is 180 Å². The molecule has 158 valence electrons. The van der Waals surface area contributed by atoms with Gasteiger partial charge in [-0.15, -0.1) is 10.2 Å². The Morgan fingerprint density at radius 1 is 1.03 bits per heavy atom. The van der Waals surface area contributed by atoms with Crippen molar-refractivity contribution in [1.29, 1.82) is 0 Å². The second-order valence-electron chi connectivity index (χ2n) is 6.62. The molecule has 1 aromatic heterocycles. The Kier molecular flexibility index (Phi) is 7.35. The molecule has 30 heavy (non-hydrogen) atoms. The summed E-state index contributed by atoms with van der Waals surface area (Å²) in [6, 6.07) is 15.3. The molecule has 0 aliphatic rings. The molecule has 0 aliphatic heterocycles. The number of thioether (sulfide) groups is 1. The summed E-state index contributed by atoms with van der Waals surface area (Å²) < 4.78 is 12.5. The smallest absolute Gasteiger partial charge is 0.233 e. The van der Waals surface area contributed by atoms with Crippen molar-refractivity contribution in [2.75, 3.05) is 20.8 Å². The van der Waals surface area contributed by atoms with Crippen LogP contribution in [-0.2, 0) is 4.79 Å². The van der Waals surface area contributed by atoms with E-state index in [1.807, 2.05) is 66.9 Å². The zero-order valence-corrected chi connectivity index (χ0v) is 18.4. The van der Waals surface area contributed by atoms with Crippen molar-refractivity contribution in [3.63, 3.8) is 0 Å². The van der Waals surface area contributed by atoms with E-state index in [-0.39, 0.29) is 11.2 Å². The van der Waals surface area contributed by atoms with Gasteiger partial charge in [-0.3, -0.25) is 9.36 Å². The first-order valence-corrected chi connectivity index (χ1v) is 10.6. The number of methoxy groups -OCH3 is 2. The second-order valence-corrected chi connectivity index (χ2v) is 7.93. The van der Waals surface area contributed by atoms with E-state index in [9.17, 15) is 4.79 Å². The summed E-state index contributed by atoms with van der Waals surface area (Å²) in [4.78, 5) is 12.4. The number of nitrogens with zero attached hydrogens (tertiary/aromatic N) is 3. The summed E-state index contributed by atoms with van der Waals surface area (Å²) in [6.07, 6.45) is 0.896. The van der Waals surface area contributed by atoms with Crippen LogP contribution < -0.4 is 14.8 Å². The van der Waals surface area contributed by atoms with Gasteiger partial charge in [0.1, 0.15) is 11.5 Å². The monoisotopic (exact) mass is 426 g/mol. The number of ether oxygens (including phenoxy) is 2. The summed E-state index contributed by atoms with van der Waals surface area (Å²) in [5, 5.41) is 12.1. The maximum absolute atomic E-state index is 12.4. The Balaban J connectivity index is 1.99. The van der Waals surface area contributed by atoms with Gasteiger partial charge in [0.15, 0.2) is 11.0 Å². The van der Waals surface area contributed by atoms with Crippen LogP contribution in [0.15, 0.2) is 53.7 Å². The van der Waals surface area contributed by atoms with E-state index in [0.29, 0.717) is 17.5 Å². The molecule has 0 radical (unpaired) electrons. The van der Waals surface area contributed by atoms with Gasteiger partial charge in [-0.05, 0) is 61.9 Å². The van der Waals surface area contributed by atoms with E-state index < -0.39 is 0 Å². The molecule has 7 nitrogen and oxygen atoms in total. The molecule has 0 spiro atoms. The summed E-state index contributed by atoms with van der Waals surface area (Å²) in [5.41, 5.74) is 1.78. The fraction of sp³-hybridized carbons (Fsp3) is 0.318. The fourth-order valence-corrected chi connectivity index (χ4v) is 3.73. The van der Waals surface area contributed by atoms with E-state index >= 15 is 0 Å². The quantitative estimate of drug-likeness (QED) is 0.522. The molecule has 1 amide bonds. The molecule has 0 saturated carbocycles. The number of hydrogen-bond acceptors (Lipinski definition) is 6. The van der Waals surface area contributed by atoms with Crippen molar-refractivity contribution in [1.82, 2.24) is 20.1 Å². The van der Waals surface area contributed by atoms with Crippen LogP contribution in [-0.4, -0.2) is 46.7 Å². The highest BCUT2D eigenvalue weighted by Crippen LogP contribution is 2.31. The Hall–Kier alpha value is -3.00. The second kappa shape index (κ2) is 10.2. The molecule has 0 bridgehead atoms. The van der Waals surface area contributed by atoms with Crippen LogP contribution in [0.5, 0.6) is 11.5 Å². The summed E-state index contributed by atoms with van der Waals surface area (Å²) in [6.45, 7) is 4.56. The number of carbonyl (C=O) groups is 1. The van der Waals surface area contributed by atoms with Gasteiger partial charge < -0.3 is 14.8 Å². The third-order valence-corrected chi connectivity index (χ3v) is 5.56. The van der Waals surface area contributed by atoms with Crippen molar-refractivity contribution < 1.29 is 14.3 Å². The van der Waals surface area contributed by atoms with Crippen molar-refractivity contribution in [3.05, 3.63) is 48.5 Å². The molecule has 0 aliphatic carbocycles. The molecule has 3 aromatic rings. The van der Waals surface area contributed by atoms with Crippen molar-refractivity contribution in [2.24, 2.45) is 0 Å². The van der Waals surface area contributed by atoms with Crippen molar-refractivity contribution >= 4 is 17.7 Å². The number of amides is 1. The van der Waals surface area contributed by atoms with Gasteiger partial charge in [-0.25, -0.2) is 0 Å². The van der Waals surface area contributed by atoms with Gasteiger partial charge in [0.05, 0.1) is 19.5 Å². The minimum atomic E-state index is -0.304. The maximum atomic E-state index is 12.4. The fourth-order valence-electron chi connectivity index (χ4n) is 2.84. The van der Waals surface area contributed by atoms with Gasteiger partial charge in [-0.2, -0.15) is 0 Å². The lowest BCUT2D eigenvalue weighted by Gasteiger charge is -2.14. The first-order chi connectivity index (χ1) is 14.6. The summed E-state index contributed by atoms with van der Waals surface area (Å²) >= 11 is 1.38. The SMILES string of the molecule is CCCNC(=O)C(C)Sc1nnc(-c2ccc(OC)cc2)n1-c1ccc(OC)cc1. The number of nitrogens with one attached hydrogen (secondary N) is 1. The number of hydrogen-bond donors (Lipinski definition) is 1. The van der Waals surface area contributed by atoms with Crippen LogP contribution in [0.4, 0.5) is 0 Å². The molecular formula is C22H26N4O3S. The molecule has 1 N–H and O–H groups in total. The molecule has 1 atom stereocenters. The largest absolute Gasteiger partial charge is 0.497 e. The zero-order valence-electron chi connectivity index (χ0n) is 17.6. The Morgan fingerprint density at radius 2 is 1.63 bits per heavy atom. The molecule has 2 aromatic carbocycles. The van der Waals surface area contributed by atoms with Crippen LogP contribution in [0.2, 0.25) is 0 Å². The van der Waals surface area contributed by atoms with Crippen LogP contribution >= 0.6 is 11.8 Å². The summed E-state index contributed by atoms with van der Waals surface area (Å²) in [7, 11) is 3.27. The van der Waals surface area contributed by atoms with Gasteiger partial charge in [0, 0.05) is 17.8 Å². The van der Waals surface area contributed by atoms with Crippen LogP contribution in [0.1, 0.15) is 20.3 Å². The van der Waals surface area contributed by atoms with Gasteiger partial charge in [0.25, 0.3) is 0 Å². The minimum Gasteiger partial charge on any atom is -0.497 e. The third kappa shape index (κ3) is 4.94. The van der Waals surface area contributed by atoms with Gasteiger partial charge >= 0.3 is 0 Å². The number of rotatable bonds is 9. The van der Waals surface area contributed by atoms with Crippen LogP contribution in [0, 0.1) is 0 Å². The highest BCUT2D eigenvalue weighted by Gasteiger charge is 2.21. The van der Waals surface area contributed by atoms with Gasteiger partial charge in [0.2, 0.25) is 5.91 Å². The first kappa shape index (κ1) is 21.7. The van der Waals surface area contributed by atoms with E-state index in [1.165, 1.54) is 11.8 Å². The molecule has 0 fully saturated rings. The molecule has 1 heterocycles. The Morgan fingerprint density at radius 3 is 2.20 bits per heavy atom. The van der Waals surface area contributed by atoms with E-state index in [1.54, 1.807) is 14.2 Å². The number of benzene rings is 2. The predicted molar refractivity (Wildman–Crippen MR) is 119 cm³/mol. The zero-order chi connectivity index (χ0) is 21.5. The average molecular weight is 427 g/mol. The van der Waals surface area contributed by atoms with Crippen molar-refractivity contribution in [2.45, 2.75) is 30.7 Å². The summed E-state index contributed by atoms with van der Waals surface area (Å²) in [5.74, 6) is 2.20. The first-order valence-electron chi connectivity index (χ1n) is 9.76. The molecular weight excluding hydrogens is 400 g/mol. The molecule has 0 saturated heterocycles. The van der Waals surface area contributed by atoms with E-state index in [4.69, 9.17) is 9.47 Å². The third-order valence-electron chi connectivity index (χ3n) is 4.51. The highest BCUT2D eigenvalue weighted by molar-refractivity contribution is 8.00. The highest BCUT2D eigenvalue weighted by atomic mass is 32.2. The Bertz CT molecular complexity index is 971. The topological polar surface area (TPSA) is 78.3 Å². The lowest BCUT2D eigenvalue weighted by atomic mass is 10.2. The van der Waals surface area contributed by atoms with Crippen molar-refractivity contribution in [3.8, 4) is 28.6 Å². The average Bonchev–Trinajstić information content (AvgIpc) is 3.20. The van der Waals surface area contributed by atoms with E-state index in [0.717, 1.165) is 29.2 Å². The lowest BCUT2D eigenvalue weighted by Crippen LogP contribution is -2.31. The van der Waals surface area contributed by atoms with Crippen LogP contribution in [0.25, 0.3) is 17.1 Å². The van der Waals surface area contributed by atoms with Gasteiger partial charge in [-0.1, -0.05) is 18.7 Å². The predicted octanol–water partition coefficient (Wildman–Crippen LogP) is 3.96.